The summed E-state index contributed by atoms with van der Waals surface area (Å²) in [7, 11) is 0. The highest BCUT2D eigenvalue weighted by atomic mass is 35.5. The van der Waals surface area contributed by atoms with Gasteiger partial charge in [0.1, 0.15) is 0 Å². The molecule has 0 saturated heterocycles. The molecule has 7 rings (SSSR count). The van der Waals surface area contributed by atoms with E-state index in [1.54, 1.807) is 0 Å². The predicted molar refractivity (Wildman–Crippen MR) is 169 cm³/mol. The van der Waals surface area contributed by atoms with E-state index >= 15 is 0 Å². The first-order valence-corrected chi connectivity index (χ1v) is 15.0. The second kappa shape index (κ2) is 12.1. The maximum atomic E-state index is 6.04. The van der Waals surface area contributed by atoms with Crippen LogP contribution in [0.4, 0.5) is 22.7 Å². The number of nitrogens with one attached hydrogen (secondary N) is 2. The molecule has 0 amide bonds. The molecule has 0 aromatic heterocycles. The first kappa shape index (κ1) is 26.9. The molecule has 206 valence electrons. The third kappa shape index (κ3) is 6.87. The first-order valence-electron chi connectivity index (χ1n) is 14.6. The van der Waals surface area contributed by atoms with Crippen molar-refractivity contribution in [2.75, 3.05) is 10.6 Å². The monoisotopic (exact) mass is 550 g/mol. The Hall–Kier alpha value is -3.31. The molecule has 0 spiro atoms. The maximum absolute atomic E-state index is 6.04. The van der Waals surface area contributed by atoms with Crippen LogP contribution in [0.5, 0.6) is 0 Å². The second-order valence-electron chi connectivity index (χ2n) is 11.6. The van der Waals surface area contributed by atoms with Crippen LogP contribution in [-0.4, -0.2) is 12.1 Å². The number of aryl methyl sites for hydroxylation is 2. The van der Waals surface area contributed by atoms with E-state index in [1.807, 2.05) is 24.3 Å². The van der Waals surface area contributed by atoms with Crippen molar-refractivity contribution >= 4 is 34.4 Å². The van der Waals surface area contributed by atoms with Crippen molar-refractivity contribution in [3.05, 3.63) is 118 Å². The van der Waals surface area contributed by atoms with Gasteiger partial charge in [0.15, 0.2) is 0 Å². The van der Waals surface area contributed by atoms with E-state index in [0.717, 1.165) is 60.8 Å². The van der Waals surface area contributed by atoms with Gasteiger partial charge >= 0.3 is 0 Å². The highest BCUT2D eigenvalue weighted by molar-refractivity contribution is 6.30. The molecule has 0 aliphatic heterocycles. The summed E-state index contributed by atoms with van der Waals surface area (Å²) in [4.78, 5) is 0. The van der Waals surface area contributed by atoms with Crippen LogP contribution in [0.25, 0.3) is 0 Å². The molecule has 3 aliphatic carbocycles. The van der Waals surface area contributed by atoms with E-state index in [0.29, 0.717) is 12.1 Å². The van der Waals surface area contributed by atoms with E-state index in [9.17, 15) is 0 Å². The van der Waals surface area contributed by atoms with Gasteiger partial charge in [-0.3, -0.25) is 0 Å². The molecule has 40 heavy (non-hydrogen) atoms. The van der Waals surface area contributed by atoms with Crippen molar-refractivity contribution in [1.82, 2.24) is 0 Å². The first-order chi connectivity index (χ1) is 19.5. The average molecular weight is 551 g/mol. The van der Waals surface area contributed by atoms with E-state index in [1.165, 1.54) is 52.0 Å². The molecule has 0 bridgehead atoms. The topological polar surface area (TPSA) is 76.1 Å². The summed E-state index contributed by atoms with van der Waals surface area (Å²) < 4.78 is 0. The van der Waals surface area contributed by atoms with Gasteiger partial charge in [0.2, 0.25) is 0 Å². The summed E-state index contributed by atoms with van der Waals surface area (Å²) in [5.74, 6) is 0.826. The van der Waals surface area contributed by atoms with Crippen LogP contribution in [0.15, 0.2) is 84.9 Å². The van der Waals surface area contributed by atoms with Crippen molar-refractivity contribution in [1.29, 1.82) is 0 Å². The lowest BCUT2D eigenvalue weighted by Crippen LogP contribution is -2.27. The van der Waals surface area contributed by atoms with Gasteiger partial charge in [-0.25, -0.2) is 0 Å². The molecule has 4 aromatic rings. The SMILES string of the molecule is N[C@H]1CCc2cc(Nc3ccc(C4CC4)cc3)ccc2C1.N[C@H]1CCc2cc(Nc3cccc(Cl)c3)ccc2C1. The lowest BCUT2D eigenvalue weighted by Gasteiger charge is -2.22. The predicted octanol–water partition coefficient (Wildman–Crippen LogP) is 8.02. The van der Waals surface area contributed by atoms with Gasteiger partial charge in [-0.15, -0.1) is 0 Å². The van der Waals surface area contributed by atoms with Crippen LogP contribution < -0.4 is 22.1 Å². The summed E-state index contributed by atoms with van der Waals surface area (Å²) in [6.07, 6.45) is 9.09. The molecule has 0 unspecified atom stereocenters. The van der Waals surface area contributed by atoms with Crippen LogP contribution in [0.2, 0.25) is 5.02 Å². The zero-order valence-electron chi connectivity index (χ0n) is 23.0. The molecule has 0 radical (unpaired) electrons. The number of nitrogens with two attached hydrogens (primary N) is 2. The fourth-order valence-corrected chi connectivity index (χ4v) is 6.07. The minimum atomic E-state index is 0.319. The van der Waals surface area contributed by atoms with Crippen LogP contribution in [0.1, 0.15) is 59.4 Å². The number of benzene rings is 4. The summed E-state index contributed by atoms with van der Waals surface area (Å²) >= 11 is 5.99. The fraction of sp³-hybridized carbons (Fsp3) is 0.314. The smallest absolute Gasteiger partial charge is 0.0426 e. The average Bonchev–Trinajstić information content (AvgIpc) is 3.80. The maximum Gasteiger partial charge on any atom is 0.0426 e. The molecule has 1 saturated carbocycles. The Morgan fingerprint density at radius 3 is 1.62 bits per heavy atom. The van der Waals surface area contributed by atoms with Crippen LogP contribution >= 0.6 is 11.6 Å². The fourth-order valence-electron chi connectivity index (χ4n) is 5.88. The number of hydrogen-bond donors (Lipinski definition) is 4. The number of fused-ring (bicyclic) bond motifs is 2. The standard InChI is InChI=1S/C19H22N2.C16H17ClN2/c20-17-7-3-16-12-19(10-6-15(16)11-17)21-18-8-4-14(5-9-18)13-1-2-13;17-13-2-1-3-15(10-13)19-16-7-5-11-8-14(18)6-4-12(11)9-16/h4-6,8-10,12-13,17,21H,1-3,7,11,20H2;1-3,5,7,9-10,14,19H,4,6,8,18H2/t17-;14-/m00/s1. The Morgan fingerprint density at radius 1 is 0.550 bits per heavy atom. The van der Waals surface area contributed by atoms with E-state index in [2.05, 4.69) is 71.3 Å². The minimum absolute atomic E-state index is 0.319. The summed E-state index contributed by atoms with van der Waals surface area (Å²) in [6.45, 7) is 0. The molecule has 3 aliphatic rings. The molecule has 4 nitrogen and oxygen atoms in total. The van der Waals surface area contributed by atoms with E-state index < -0.39 is 0 Å². The molecule has 1 fully saturated rings. The Kier molecular flexibility index (Phi) is 8.10. The number of halogens is 1. The van der Waals surface area contributed by atoms with Gasteiger partial charge in [-0.2, -0.15) is 0 Å². The minimum Gasteiger partial charge on any atom is -0.356 e. The Balaban J connectivity index is 0.000000145. The zero-order chi connectivity index (χ0) is 27.5. The van der Waals surface area contributed by atoms with E-state index in [4.69, 9.17) is 23.1 Å². The quantitative estimate of drug-likeness (QED) is 0.203. The number of hydrogen-bond acceptors (Lipinski definition) is 4. The molecular weight excluding hydrogens is 512 g/mol. The van der Waals surface area contributed by atoms with Crippen molar-refractivity contribution in [3.8, 4) is 0 Å². The summed E-state index contributed by atoms with van der Waals surface area (Å²) in [6, 6.07) is 30.5. The van der Waals surface area contributed by atoms with Crippen LogP contribution in [0.3, 0.4) is 0 Å². The van der Waals surface area contributed by atoms with Crippen molar-refractivity contribution in [2.24, 2.45) is 11.5 Å². The molecule has 0 heterocycles. The molecular formula is C35H39ClN4. The normalized spacial score (nSPS) is 19.5. The third-order valence-corrected chi connectivity index (χ3v) is 8.54. The lowest BCUT2D eigenvalue weighted by molar-refractivity contribution is 0.576. The number of anilines is 4. The molecule has 2 atom stereocenters. The third-order valence-electron chi connectivity index (χ3n) is 8.31. The lowest BCUT2D eigenvalue weighted by atomic mass is 9.88. The Labute approximate surface area is 243 Å². The highest BCUT2D eigenvalue weighted by Gasteiger charge is 2.23. The van der Waals surface area contributed by atoms with Crippen LogP contribution in [-0.2, 0) is 25.7 Å². The second-order valence-corrected chi connectivity index (χ2v) is 12.1. The van der Waals surface area contributed by atoms with Crippen molar-refractivity contribution < 1.29 is 0 Å². The van der Waals surface area contributed by atoms with Crippen LogP contribution in [0, 0.1) is 0 Å². The largest absolute Gasteiger partial charge is 0.356 e. The Morgan fingerprint density at radius 2 is 1.07 bits per heavy atom. The van der Waals surface area contributed by atoms with Crippen molar-refractivity contribution in [3.63, 3.8) is 0 Å². The zero-order valence-corrected chi connectivity index (χ0v) is 23.8. The molecule has 4 aromatic carbocycles. The molecule has 5 heteroatoms. The van der Waals surface area contributed by atoms with Gasteiger partial charge < -0.3 is 22.1 Å². The Bertz CT molecular complexity index is 1460. The summed E-state index contributed by atoms with van der Waals surface area (Å²) in [5, 5.41) is 7.66. The highest BCUT2D eigenvalue weighted by Crippen LogP contribution is 2.40. The van der Waals surface area contributed by atoms with Gasteiger partial charge in [-0.1, -0.05) is 41.9 Å². The summed E-state index contributed by atoms with van der Waals surface area (Å²) in [5.41, 5.74) is 23.7. The van der Waals surface area contributed by atoms with Crippen molar-refractivity contribution in [2.45, 2.75) is 69.4 Å². The van der Waals surface area contributed by atoms with Gasteiger partial charge in [0, 0.05) is 39.9 Å². The van der Waals surface area contributed by atoms with Gasteiger partial charge in [0.05, 0.1) is 0 Å². The van der Waals surface area contributed by atoms with Gasteiger partial charge in [-0.05, 0) is 140 Å². The molecule has 6 N–H and O–H groups in total. The van der Waals surface area contributed by atoms with E-state index in [-0.39, 0.29) is 0 Å². The number of rotatable bonds is 5. The van der Waals surface area contributed by atoms with Gasteiger partial charge in [0.25, 0.3) is 0 Å².